The van der Waals surface area contributed by atoms with E-state index in [1.165, 1.54) is 0 Å². The molecule has 4 nitrogen and oxygen atoms in total. The van der Waals surface area contributed by atoms with Crippen LogP contribution in [0.15, 0.2) is 12.7 Å². The lowest BCUT2D eigenvalue weighted by Gasteiger charge is -2.22. The van der Waals surface area contributed by atoms with E-state index in [0.29, 0.717) is 12.8 Å². The van der Waals surface area contributed by atoms with Crippen LogP contribution in [0.1, 0.15) is 40.0 Å². The second-order valence-corrected chi connectivity index (χ2v) is 4.61. The number of carbonyl (C=O) groups excluding carboxylic acids is 2. The van der Waals surface area contributed by atoms with Gasteiger partial charge in [-0.15, -0.1) is 6.58 Å². The van der Waals surface area contributed by atoms with Gasteiger partial charge in [0.25, 0.3) is 0 Å². The van der Waals surface area contributed by atoms with Crippen LogP contribution in [0.4, 0.5) is 4.79 Å². The largest absolute Gasteiger partial charge is 0.444 e. The summed E-state index contributed by atoms with van der Waals surface area (Å²) in [5.74, 6) is 0. The van der Waals surface area contributed by atoms with Crippen molar-refractivity contribution in [1.82, 2.24) is 5.32 Å². The fourth-order valence-corrected chi connectivity index (χ4v) is 1.16. The molecule has 0 aromatic heterocycles. The first-order valence-corrected chi connectivity index (χ1v) is 5.43. The van der Waals surface area contributed by atoms with Crippen LogP contribution >= 0.6 is 0 Å². The van der Waals surface area contributed by atoms with E-state index in [9.17, 15) is 9.59 Å². The Hall–Kier alpha value is -1.32. The Kier molecular flexibility index (Phi) is 6.46. The molecule has 1 N–H and O–H groups in total. The van der Waals surface area contributed by atoms with E-state index in [1.807, 2.05) is 0 Å². The molecule has 1 amide bonds. The summed E-state index contributed by atoms with van der Waals surface area (Å²) in [6.45, 7) is 8.99. The quantitative estimate of drug-likeness (QED) is 0.560. The molecule has 0 bridgehead atoms. The number of ether oxygens (including phenoxy) is 1. The molecule has 0 saturated heterocycles. The van der Waals surface area contributed by atoms with E-state index in [-0.39, 0.29) is 6.04 Å². The molecule has 0 aliphatic carbocycles. The van der Waals surface area contributed by atoms with Crippen molar-refractivity contribution in [1.29, 1.82) is 0 Å². The molecule has 0 saturated carbocycles. The summed E-state index contributed by atoms with van der Waals surface area (Å²) < 4.78 is 5.10. The predicted octanol–water partition coefficient (Wildman–Crippen LogP) is 2.43. The van der Waals surface area contributed by atoms with Crippen molar-refractivity contribution in [3.8, 4) is 0 Å². The van der Waals surface area contributed by atoms with Crippen LogP contribution in [0, 0.1) is 0 Å². The number of hydrogen-bond acceptors (Lipinski definition) is 3. The Morgan fingerprint density at radius 2 is 2.12 bits per heavy atom. The highest BCUT2D eigenvalue weighted by Crippen LogP contribution is 2.08. The maximum Gasteiger partial charge on any atom is 0.407 e. The van der Waals surface area contributed by atoms with Gasteiger partial charge < -0.3 is 14.8 Å². The van der Waals surface area contributed by atoms with Crippen molar-refractivity contribution in [2.24, 2.45) is 0 Å². The number of alkyl carbamates (subject to hydrolysis) is 1. The number of nitrogens with one attached hydrogen (secondary N) is 1. The Bertz CT molecular complexity index is 243. The highest BCUT2D eigenvalue weighted by Gasteiger charge is 2.18. The Balaban J connectivity index is 4.11. The zero-order chi connectivity index (χ0) is 12.6. The molecule has 92 valence electrons. The third-order valence-corrected chi connectivity index (χ3v) is 1.82. The van der Waals surface area contributed by atoms with Gasteiger partial charge in [-0.2, -0.15) is 0 Å². The highest BCUT2D eigenvalue weighted by molar-refractivity contribution is 5.68. The average molecular weight is 227 g/mol. The molecule has 16 heavy (non-hydrogen) atoms. The smallest absolute Gasteiger partial charge is 0.407 e. The van der Waals surface area contributed by atoms with Gasteiger partial charge in [-0.1, -0.05) is 6.08 Å². The summed E-state index contributed by atoms with van der Waals surface area (Å²) in [5, 5.41) is 2.67. The van der Waals surface area contributed by atoms with Crippen molar-refractivity contribution in [2.75, 3.05) is 0 Å². The minimum atomic E-state index is -0.520. The number of allylic oxidation sites excluding steroid dienone is 1. The Labute approximate surface area is 97.1 Å². The third kappa shape index (κ3) is 8.03. The maximum atomic E-state index is 11.4. The van der Waals surface area contributed by atoms with Gasteiger partial charge in [-0.05, 0) is 33.6 Å². The first-order valence-electron chi connectivity index (χ1n) is 5.43. The molecule has 0 aromatic carbocycles. The highest BCUT2D eigenvalue weighted by atomic mass is 16.6. The molecule has 0 aromatic rings. The zero-order valence-electron chi connectivity index (χ0n) is 10.3. The summed E-state index contributed by atoms with van der Waals surface area (Å²) in [6.07, 6.45) is 3.83. The zero-order valence-corrected chi connectivity index (χ0v) is 10.3. The van der Waals surface area contributed by atoms with Crippen molar-refractivity contribution in [3.63, 3.8) is 0 Å². The summed E-state index contributed by atoms with van der Waals surface area (Å²) in [5.41, 5.74) is -0.520. The molecule has 0 aliphatic rings. The lowest BCUT2D eigenvalue weighted by molar-refractivity contribution is -0.108. The van der Waals surface area contributed by atoms with Crippen LogP contribution in [0.3, 0.4) is 0 Å². The minimum absolute atomic E-state index is 0.176. The van der Waals surface area contributed by atoms with Crippen molar-refractivity contribution >= 4 is 12.4 Å². The van der Waals surface area contributed by atoms with Crippen molar-refractivity contribution < 1.29 is 14.3 Å². The number of amides is 1. The summed E-state index contributed by atoms with van der Waals surface area (Å²) in [7, 11) is 0. The molecule has 0 heterocycles. The second-order valence-electron chi connectivity index (χ2n) is 4.61. The van der Waals surface area contributed by atoms with Crippen LogP contribution in [0.5, 0.6) is 0 Å². The second kappa shape index (κ2) is 7.04. The van der Waals surface area contributed by atoms with Gasteiger partial charge in [0.05, 0.1) is 0 Å². The minimum Gasteiger partial charge on any atom is -0.444 e. The van der Waals surface area contributed by atoms with Gasteiger partial charge in [0.1, 0.15) is 11.9 Å². The average Bonchev–Trinajstić information content (AvgIpc) is 2.11. The molecule has 0 aliphatic heterocycles. The van der Waals surface area contributed by atoms with Crippen molar-refractivity contribution in [2.45, 2.75) is 51.7 Å². The van der Waals surface area contributed by atoms with Crippen molar-refractivity contribution in [3.05, 3.63) is 12.7 Å². The van der Waals surface area contributed by atoms with E-state index < -0.39 is 11.7 Å². The molecule has 0 spiro atoms. The first kappa shape index (κ1) is 14.7. The topological polar surface area (TPSA) is 55.4 Å². The fraction of sp³-hybridized carbons (Fsp3) is 0.667. The molecule has 0 radical (unpaired) electrons. The lowest BCUT2D eigenvalue weighted by atomic mass is 10.1. The molecular formula is C12H21NO3. The number of aldehydes is 1. The molecule has 0 rings (SSSR count). The molecule has 0 unspecified atom stereocenters. The fourth-order valence-electron chi connectivity index (χ4n) is 1.16. The van der Waals surface area contributed by atoms with E-state index in [2.05, 4.69) is 11.9 Å². The molecule has 4 heteroatoms. The van der Waals surface area contributed by atoms with Gasteiger partial charge in [0.15, 0.2) is 0 Å². The summed E-state index contributed by atoms with van der Waals surface area (Å²) in [6, 6.07) is -0.176. The van der Waals surface area contributed by atoms with E-state index in [0.717, 1.165) is 12.7 Å². The molecule has 1 atom stereocenters. The van der Waals surface area contributed by atoms with E-state index >= 15 is 0 Å². The number of hydrogen-bond donors (Lipinski definition) is 1. The Morgan fingerprint density at radius 1 is 1.50 bits per heavy atom. The SMILES string of the molecule is C=CCC[C@@H](CC=O)NC(=O)OC(C)(C)C. The predicted molar refractivity (Wildman–Crippen MR) is 63.3 cm³/mol. The number of carbonyl (C=O) groups is 2. The standard InChI is InChI=1S/C12H21NO3/c1-5-6-7-10(8-9-14)13-11(15)16-12(2,3)4/h5,9-10H,1,6-8H2,2-4H3,(H,13,15)/t10-/m0/s1. The lowest BCUT2D eigenvalue weighted by Crippen LogP contribution is -2.39. The van der Waals surface area contributed by atoms with Gasteiger partial charge in [-0.3, -0.25) is 0 Å². The Morgan fingerprint density at radius 3 is 2.56 bits per heavy atom. The summed E-state index contributed by atoms with van der Waals surface area (Å²) >= 11 is 0. The van der Waals surface area contributed by atoms with E-state index in [1.54, 1.807) is 26.8 Å². The first-order chi connectivity index (χ1) is 7.39. The number of rotatable bonds is 6. The maximum absolute atomic E-state index is 11.4. The van der Waals surface area contributed by atoms with Crippen LogP contribution in [-0.2, 0) is 9.53 Å². The van der Waals surface area contributed by atoms with E-state index in [4.69, 9.17) is 4.74 Å². The van der Waals surface area contributed by atoms with Gasteiger partial charge in [0.2, 0.25) is 0 Å². The van der Waals surface area contributed by atoms with Crippen LogP contribution in [-0.4, -0.2) is 24.0 Å². The third-order valence-electron chi connectivity index (χ3n) is 1.82. The van der Waals surface area contributed by atoms with Gasteiger partial charge >= 0.3 is 6.09 Å². The van der Waals surface area contributed by atoms with Crippen LogP contribution < -0.4 is 5.32 Å². The monoisotopic (exact) mass is 227 g/mol. The normalized spacial score (nSPS) is 12.7. The van der Waals surface area contributed by atoms with Crippen LogP contribution in [0.25, 0.3) is 0 Å². The summed E-state index contributed by atoms with van der Waals surface area (Å²) in [4.78, 5) is 21.9. The van der Waals surface area contributed by atoms with Crippen LogP contribution in [0.2, 0.25) is 0 Å². The van der Waals surface area contributed by atoms with Gasteiger partial charge in [-0.25, -0.2) is 4.79 Å². The molecule has 0 fully saturated rings. The van der Waals surface area contributed by atoms with Gasteiger partial charge in [0, 0.05) is 12.5 Å². The molecular weight excluding hydrogens is 206 g/mol.